The van der Waals surface area contributed by atoms with E-state index in [0.29, 0.717) is 27.4 Å². The smallest absolute Gasteiger partial charge is 0.274 e. The lowest BCUT2D eigenvalue weighted by atomic mass is 10.2. The van der Waals surface area contributed by atoms with Crippen LogP contribution in [-0.4, -0.2) is 52.7 Å². The van der Waals surface area contributed by atoms with Crippen LogP contribution in [0.3, 0.4) is 0 Å². The van der Waals surface area contributed by atoms with Crippen LogP contribution in [0.1, 0.15) is 0 Å². The molecular formula is C21H23BrFN7O. The molecule has 1 saturated heterocycles. The van der Waals surface area contributed by atoms with Crippen LogP contribution in [0.2, 0.25) is 0 Å². The normalized spacial score (nSPS) is 14.5. The number of aryl methyl sites for hydroxylation is 1. The summed E-state index contributed by atoms with van der Waals surface area (Å²) in [5, 5.41) is 6.05. The second-order valence-electron chi connectivity index (χ2n) is 7.43. The van der Waals surface area contributed by atoms with Crippen molar-refractivity contribution >= 4 is 44.8 Å². The summed E-state index contributed by atoms with van der Waals surface area (Å²) in [5.41, 5.74) is 1.35. The van der Waals surface area contributed by atoms with Gasteiger partial charge in [-0.15, -0.1) is 0 Å². The number of hydrogen-bond acceptors (Lipinski definition) is 7. The lowest BCUT2D eigenvalue weighted by Gasteiger charge is -2.34. The van der Waals surface area contributed by atoms with Gasteiger partial charge in [-0.25, -0.2) is 9.37 Å². The minimum atomic E-state index is -0.294. The van der Waals surface area contributed by atoms with Crippen LogP contribution in [0.5, 0.6) is 0 Å². The Balaban J connectivity index is 1.52. The molecule has 0 atom stereocenters. The molecule has 0 amide bonds. The maximum absolute atomic E-state index is 14.8. The average Bonchev–Trinajstić information content (AvgIpc) is 2.75. The minimum Gasteiger partial charge on any atom is -0.367 e. The number of anilines is 5. The second kappa shape index (κ2) is 9.03. The molecular weight excluding hydrogens is 465 g/mol. The zero-order valence-corrected chi connectivity index (χ0v) is 18.9. The summed E-state index contributed by atoms with van der Waals surface area (Å²) in [5.74, 6) is 0.415. The monoisotopic (exact) mass is 487 g/mol. The van der Waals surface area contributed by atoms with Gasteiger partial charge in [0, 0.05) is 51.3 Å². The van der Waals surface area contributed by atoms with E-state index >= 15 is 0 Å². The molecule has 1 aromatic carbocycles. The molecule has 2 aromatic heterocycles. The Morgan fingerprint density at radius 3 is 2.61 bits per heavy atom. The van der Waals surface area contributed by atoms with Crippen LogP contribution in [-0.2, 0) is 7.05 Å². The molecule has 0 unspecified atom stereocenters. The summed E-state index contributed by atoms with van der Waals surface area (Å²) in [6.45, 7) is 3.41. The van der Waals surface area contributed by atoms with Gasteiger partial charge >= 0.3 is 0 Å². The topological polar surface area (TPSA) is 78.3 Å². The number of nitrogens with one attached hydrogen (secondary N) is 2. The highest BCUT2D eigenvalue weighted by atomic mass is 79.9. The summed E-state index contributed by atoms with van der Waals surface area (Å²) < 4.78 is 16.8. The molecule has 1 aliphatic heterocycles. The zero-order chi connectivity index (χ0) is 22.0. The van der Waals surface area contributed by atoms with Gasteiger partial charge in [-0.3, -0.25) is 4.79 Å². The quantitative estimate of drug-likeness (QED) is 0.571. The average molecular weight is 488 g/mol. The molecule has 1 aliphatic rings. The van der Waals surface area contributed by atoms with Gasteiger partial charge in [0.25, 0.3) is 5.56 Å². The molecule has 0 radical (unpaired) electrons. The van der Waals surface area contributed by atoms with Gasteiger partial charge in [0.1, 0.15) is 11.5 Å². The largest absolute Gasteiger partial charge is 0.367 e. The maximum atomic E-state index is 14.8. The highest BCUT2D eigenvalue weighted by Crippen LogP contribution is 2.27. The van der Waals surface area contributed by atoms with Crippen molar-refractivity contribution < 1.29 is 4.39 Å². The molecule has 3 heterocycles. The molecule has 162 valence electrons. The number of halogens is 2. The Morgan fingerprint density at radius 2 is 1.87 bits per heavy atom. The van der Waals surface area contributed by atoms with Crippen LogP contribution in [0.15, 0.2) is 52.0 Å². The molecule has 0 aliphatic carbocycles. The third-order valence-electron chi connectivity index (χ3n) is 5.17. The first-order chi connectivity index (χ1) is 14.9. The van der Waals surface area contributed by atoms with Gasteiger partial charge in [-0.2, -0.15) is 4.98 Å². The Labute approximate surface area is 187 Å². The lowest BCUT2D eigenvalue weighted by molar-refractivity contribution is 0.311. The molecule has 1 fully saturated rings. The van der Waals surface area contributed by atoms with Crippen molar-refractivity contribution in [2.45, 2.75) is 0 Å². The lowest BCUT2D eigenvalue weighted by Crippen LogP contribution is -2.44. The Kier molecular flexibility index (Phi) is 6.19. The molecule has 4 rings (SSSR count). The van der Waals surface area contributed by atoms with Crippen LogP contribution < -0.4 is 21.1 Å². The number of aromatic nitrogens is 3. The van der Waals surface area contributed by atoms with Crippen molar-refractivity contribution in [1.82, 2.24) is 19.4 Å². The predicted octanol–water partition coefficient (Wildman–Crippen LogP) is 3.32. The van der Waals surface area contributed by atoms with Crippen molar-refractivity contribution in [3.63, 3.8) is 0 Å². The highest BCUT2D eigenvalue weighted by Gasteiger charge is 2.18. The Bertz CT molecular complexity index is 1140. The molecule has 2 N–H and O–H groups in total. The summed E-state index contributed by atoms with van der Waals surface area (Å²) in [7, 11) is 3.74. The maximum Gasteiger partial charge on any atom is 0.274 e. The van der Waals surface area contributed by atoms with Gasteiger partial charge in [-0.1, -0.05) is 0 Å². The number of piperazine rings is 1. The molecule has 3 aromatic rings. The minimum absolute atomic E-state index is 0.177. The molecule has 10 heteroatoms. The number of likely N-dealkylation sites (N-methyl/N-ethyl adjacent to an activating group) is 1. The number of hydrogen-bond donors (Lipinski definition) is 2. The van der Waals surface area contributed by atoms with Crippen molar-refractivity contribution in [1.29, 1.82) is 0 Å². The van der Waals surface area contributed by atoms with E-state index in [-0.39, 0.29) is 17.3 Å². The van der Waals surface area contributed by atoms with Gasteiger partial charge in [0.2, 0.25) is 5.95 Å². The van der Waals surface area contributed by atoms with Crippen LogP contribution in [0, 0.1) is 5.82 Å². The van der Waals surface area contributed by atoms with Crippen molar-refractivity contribution in [3.8, 4) is 0 Å². The zero-order valence-electron chi connectivity index (χ0n) is 17.3. The summed E-state index contributed by atoms with van der Waals surface area (Å²) in [6.07, 6.45) is 3.25. The fourth-order valence-corrected chi connectivity index (χ4v) is 3.64. The summed E-state index contributed by atoms with van der Waals surface area (Å²) >= 11 is 3.39. The third-order valence-corrected chi connectivity index (χ3v) is 5.75. The standard InChI is InChI=1S/C21H23BrFN7O/c1-28-8-10-30(11-9-28)18-6-5-14(12-16(18)23)25-21-24-13-15(22)19(27-21)26-17-4-3-7-29(2)20(17)31/h3-7,12-13H,8-11H2,1-2H3,(H2,24,25,26,27). The van der Waals surface area contributed by atoms with E-state index < -0.39 is 0 Å². The molecule has 0 spiro atoms. The van der Waals surface area contributed by atoms with Crippen molar-refractivity contribution in [2.75, 3.05) is 48.8 Å². The first kappa shape index (κ1) is 21.3. The van der Waals surface area contributed by atoms with E-state index in [0.717, 1.165) is 26.2 Å². The van der Waals surface area contributed by atoms with E-state index in [1.807, 2.05) is 6.07 Å². The van der Waals surface area contributed by atoms with E-state index in [2.05, 4.69) is 53.4 Å². The summed E-state index contributed by atoms with van der Waals surface area (Å²) in [6, 6.07) is 8.47. The highest BCUT2D eigenvalue weighted by molar-refractivity contribution is 9.10. The fourth-order valence-electron chi connectivity index (χ4n) is 3.35. The van der Waals surface area contributed by atoms with Gasteiger partial charge < -0.3 is 25.0 Å². The number of rotatable bonds is 5. The van der Waals surface area contributed by atoms with Gasteiger partial charge in [0.15, 0.2) is 5.82 Å². The van der Waals surface area contributed by atoms with E-state index in [9.17, 15) is 9.18 Å². The van der Waals surface area contributed by atoms with E-state index in [1.165, 1.54) is 10.6 Å². The first-order valence-electron chi connectivity index (χ1n) is 9.86. The van der Waals surface area contributed by atoms with Crippen LogP contribution in [0.25, 0.3) is 0 Å². The van der Waals surface area contributed by atoms with Gasteiger partial charge in [-0.05, 0) is 53.3 Å². The van der Waals surface area contributed by atoms with E-state index in [1.54, 1.807) is 37.6 Å². The van der Waals surface area contributed by atoms with E-state index in [4.69, 9.17) is 0 Å². The SMILES string of the molecule is CN1CCN(c2ccc(Nc3ncc(Br)c(Nc4cccn(C)c4=O)n3)cc2F)CC1. The third kappa shape index (κ3) is 4.86. The van der Waals surface area contributed by atoms with Gasteiger partial charge in [0.05, 0.1) is 10.2 Å². The number of benzene rings is 1. The fraction of sp³-hybridized carbons (Fsp3) is 0.286. The van der Waals surface area contributed by atoms with Crippen molar-refractivity contribution in [3.05, 3.63) is 63.4 Å². The second-order valence-corrected chi connectivity index (χ2v) is 8.29. The summed E-state index contributed by atoms with van der Waals surface area (Å²) in [4.78, 5) is 25.2. The molecule has 0 bridgehead atoms. The number of pyridine rings is 1. The number of nitrogens with zero attached hydrogens (tertiary/aromatic N) is 5. The molecule has 8 nitrogen and oxygen atoms in total. The molecule has 0 saturated carbocycles. The van der Waals surface area contributed by atoms with Crippen molar-refractivity contribution in [2.24, 2.45) is 7.05 Å². The Morgan fingerprint density at radius 1 is 1.10 bits per heavy atom. The first-order valence-corrected chi connectivity index (χ1v) is 10.7. The van der Waals surface area contributed by atoms with Crippen LogP contribution in [0.4, 0.5) is 33.2 Å². The molecule has 31 heavy (non-hydrogen) atoms. The Hall–Kier alpha value is -2.98. The predicted molar refractivity (Wildman–Crippen MR) is 124 cm³/mol. The van der Waals surface area contributed by atoms with Crippen LogP contribution >= 0.6 is 15.9 Å².